The van der Waals surface area contributed by atoms with E-state index in [0.29, 0.717) is 23.2 Å². The lowest BCUT2D eigenvalue weighted by atomic mass is 9.96. The van der Waals surface area contributed by atoms with Gasteiger partial charge in [-0.3, -0.25) is 0 Å². The topological polar surface area (TPSA) is 27.7 Å². The maximum absolute atomic E-state index is 13.0. The van der Waals surface area contributed by atoms with Crippen LogP contribution in [0.3, 0.4) is 0 Å². The molecule has 3 aromatic carbocycles. The van der Waals surface area contributed by atoms with Gasteiger partial charge in [0.15, 0.2) is 6.79 Å². The predicted octanol–water partition coefficient (Wildman–Crippen LogP) is 9.18. The fourth-order valence-electron chi connectivity index (χ4n) is 5.77. The highest BCUT2D eigenvalue weighted by atomic mass is 28.4. The number of rotatable bonds is 13. The van der Waals surface area contributed by atoms with Gasteiger partial charge in [-0.15, -0.1) is 0 Å². The molecule has 0 aromatic heterocycles. The number of benzene rings is 3. The molecule has 206 valence electrons. The quantitative estimate of drug-likeness (QED) is 0.124. The lowest BCUT2D eigenvalue weighted by Crippen LogP contribution is -2.50. The summed E-state index contributed by atoms with van der Waals surface area (Å²) in [4.78, 5) is 0. The van der Waals surface area contributed by atoms with E-state index in [1.54, 1.807) is 12.1 Å². The zero-order valence-corrected chi connectivity index (χ0v) is 25.4. The van der Waals surface area contributed by atoms with Crippen LogP contribution in [0.5, 0.6) is 11.5 Å². The van der Waals surface area contributed by atoms with Gasteiger partial charge in [0.25, 0.3) is 8.32 Å². The van der Waals surface area contributed by atoms with Crippen LogP contribution in [0.2, 0.25) is 16.6 Å². The Kier molecular flexibility index (Phi) is 10.6. The third kappa shape index (κ3) is 7.48. The van der Waals surface area contributed by atoms with Gasteiger partial charge in [0, 0.05) is 0 Å². The van der Waals surface area contributed by atoms with E-state index < -0.39 is 8.32 Å². The van der Waals surface area contributed by atoms with Gasteiger partial charge in [0.1, 0.15) is 17.3 Å². The summed E-state index contributed by atoms with van der Waals surface area (Å²) in [7, 11) is -1.99. The van der Waals surface area contributed by atoms with Gasteiger partial charge in [0.2, 0.25) is 0 Å². The van der Waals surface area contributed by atoms with Gasteiger partial charge in [-0.2, -0.15) is 0 Å². The van der Waals surface area contributed by atoms with Gasteiger partial charge in [-0.1, -0.05) is 65.8 Å². The Labute approximate surface area is 230 Å². The Balaban J connectivity index is 1.58. The second kappa shape index (κ2) is 13.4. The zero-order chi connectivity index (χ0) is 27.9. The minimum Gasteiger partial charge on any atom is -0.543 e. The third-order valence-electron chi connectivity index (χ3n) is 7.73. The number of aryl methyl sites for hydroxylation is 2. The largest absolute Gasteiger partial charge is 0.543 e. The first kappa shape index (κ1) is 29.9. The lowest BCUT2D eigenvalue weighted by molar-refractivity contribution is 0.0169. The summed E-state index contributed by atoms with van der Waals surface area (Å²) < 4.78 is 31.3. The molecule has 0 heterocycles. The second-order valence-corrected chi connectivity index (χ2v) is 16.7. The molecule has 0 radical (unpaired) electrons. The highest BCUT2D eigenvalue weighted by Gasteiger charge is 2.47. The van der Waals surface area contributed by atoms with E-state index in [1.165, 1.54) is 34.4 Å². The molecule has 3 aromatic rings. The first-order chi connectivity index (χ1) is 18.0. The van der Waals surface area contributed by atoms with Crippen molar-refractivity contribution < 1.29 is 18.3 Å². The van der Waals surface area contributed by atoms with Crippen molar-refractivity contribution in [1.82, 2.24) is 0 Å². The average molecular weight is 537 g/mol. The van der Waals surface area contributed by atoms with Crippen molar-refractivity contribution in [2.45, 2.75) is 84.9 Å². The van der Waals surface area contributed by atoms with E-state index >= 15 is 0 Å². The first-order valence-corrected chi connectivity index (χ1v) is 16.0. The minimum absolute atomic E-state index is 0.189. The van der Waals surface area contributed by atoms with Crippen LogP contribution < -0.4 is 9.16 Å². The van der Waals surface area contributed by atoms with E-state index in [9.17, 15) is 4.39 Å². The third-order valence-corrected chi connectivity index (χ3v) is 13.7. The molecule has 0 unspecified atom stereocenters. The Hall–Kier alpha value is -2.63. The van der Waals surface area contributed by atoms with Crippen molar-refractivity contribution in [3.63, 3.8) is 0 Å². The van der Waals surface area contributed by atoms with Crippen LogP contribution in [-0.4, -0.2) is 21.7 Å². The molecule has 0 aliphatic heterocycles. The number of hydrogen-bond donors (Lipinski definition) is 0. The Bertz CT molecular complexity index is 1110. The van der Waals surface area contributed by atoms with Gasteiger partial charge in [-0.05, 0) is 108 Å². The number of halogens is 1. The first-order valence-electron chi connectivity index (χ1n) is 13.9. The van der Waals surface area contributed by atoms with Crippen molar-refractivity contribution in [1.29, 1.82) is 0 Å². The van der Waals surface area contributed by atoms with E-state index in [1.807, 2.05) is 12.1 Å². The molecule has 0 saturated heterocycles. The Morgan fingerprint density at radius 2 is 1.24 bits per heavy atom. The summed E-state index contributed by atoms with van der Waals surface area (Å²) in [6, 6.07) is 19.2. The van der Waals surface area contributed by atoms with Gasteiger partial charge < -0.3 is 13.9 Å². The fourth-order valence-corrected chi connectivity index (χ4v) is 11.0. The molecule has 0 saturated carbocycles. The molecule has 0 amide bonds. The van der Waals surface area contributed by atoms with Crippen molar-refractivity contribution in [3.05, 3.63) is 94.3 Å². The maximum atomic E-state index is 13.0. The molecule has 0 fully saturated rings. The standard InChI is InChI=1S/C33H45FO3Si/c1-23(2)38(24(3)4,25(5)6)37-32-19-26(7)33(27(8)20-32)21-29-11-15-31(16-12-29)36-22-35-18-17-28-9-13-30(34)14-10-28/h9-16,19-20,23-25H,17-18,21-22H2,1-8H3. The van der Waals surface area contributed by atoms with Crippen LogP contribution >= 0.6 is 0 Å². The molecule has 0 aliphatic rings. The van der Waals surface area contributed by atoms with Gasteiger partial charge in [0.05, 0.1) is 6.61 Å². The average Bonchev–Trinajstić information content (AvgIpc) is 2.86. The molecular formula is C33H45FO3Si. The summed E-state index contributed by atoms with van der Waals surface area (Å²) in [5, 5.41) is 0. The molecule has 0 aliphatic carbocycles. The summed E-state index contributed by atoms with van der Waals surface area (Å²) in [6.45, 7) is 19.1. The van der Waals surface area contributed by atoms with Crippen LogP contribution in [-0.2, 0) is 17.6 Å². The molecule has 3 nitrogen and oxygen atoms in total. The van der Waals surface area contributed by atoms with E-state index in [4.69, 9.17) is 13.9 Å². The molecule has 0 bridgehead atoms. The van der Waals surface area contributed by atoms with Crippen LogP contribution in [0.15, 0.2) is 60.7 Å². The SMILES string of the molecule is Cc1cc(O[Si](C(C)C)(C(C)C)C(C)C)cc(C)c1Cc1ccc(OCOCCc2ccc(F)cc2)cc1. The predicted molar refractivity (Wildman–Crippen MR) is 158 cm³/mol. The minimum atomic E-state index is -1.99. The van der Waals surface area contributed by atoms with Crippen LogP contribution in [0.1, 0.15) is 69.4 Å². The van der Waals surface area contributed by atoms with E-state index in [2.05, 4.69) is 79.7 Å². The summed E-state index contributed by atoms with van der Waals surface area (Å²) in [6.07, 6.45) is 1.59. The number of ether oxygens (including phenoxy) is 2. The summed E-state index contributed by atoms with van der Waals surface area (Å²) in [5.74, 6) is 1.58. The molecule has 3 rings (SSSR count). The van der Waals surface area contributed by atoms with E-state index in [-0.39, 0.29) is 12.6 Å². The normalized spacial score (nSPS) is 12.0. The molecule has 0 N–H and O–H groups in total. The maximum Gasteiger partial charge on any atom is 0.258 e. The van der Waals surface area contributed by atoms with Crippen molar-refractivity contribution >= 4 is 8.32 Å². The van der Waals surface area contributed by atoms with Crippen LogP contribution in [0.25, 0.3) is 0 Å². The second-order valence-electron chi connectivity index (χ2n) is 11.3. The fraction of sp³-hybridized carbons (Fsp3) is 0.455. The Morgan fingerprint density at radius 3 is 1.76 bits per heavy atom. The molecule has 5 heteroatoms. The molecular weight excluding hydrogens is 491 g/mol. The van der Waals surface area contributed by atoms with Crippen molar-refractivity contribution in [2.24, 2.45) is 0 Å². The summed E-state index contributed by atoms with van der Waals surface area (Å²) >= 11 is 0. The van der Waals surface area contributed by atoms with Gasteiger partial charge >= 0.3 is 0 Å². The highest BCUT2D eigenvalue weighted by Crippen LogP contribution is 2.43. The Morgan fingerprint density at radius 1 is 0.711 bits per heavy atom. The smallest absolute Gasteiger partial charge is 0.258 e. The molecule has 0 atom stereocenters. The zero-order valence-electron chi connectivity index (χ0n) is 24.4. The van der Waals surface area contributed by atoms with Gasteiger partial charge in [-0.25, -0.2) is 4.39 Å². The van der Waals surface area contributed by atoms with Crippen molar-refractivity contribution in [3.8, 4) is 11.5 Å². The molecule has 38 heavy (non-hydrogen) atoms. The summed E-state index contributed by atoms with van der Waals surface area (Å²) in [5.41, 5.74) is 7.81. The lowest BCUT2D eigenvalue weighted by Gasteiger charge is -2.42. The van der Waals surface area contributed by atoms with Crippen LogP contribution in [0, 0.1) is 19.7 Å². The highest BCUT2D eigenvalue weighted by molar-refractivity contribution is 6.78. The van der Waals surface area contributed by atoms with Crippen LogP contribution in [0.4, 0.5) is 4.39 Å². The van der Waals surface area contributed by atoms with Crippen molar-refractivity contribution in [2.75, 3.05) is 13.4 Å². The number of hydrogen-bond acceptors (Lipinski definition) is 3. The van der Waals surface area contributed by atoms with E-state index in [0.717, 1.165) is 29.9 Å². The monoisotopic (exact) mass is 536 g/mol. The molecule has 0 spiro atoms.